The fraction of sp³-hybridized carbons (Fsp3) is 0.455. The van der Waals surface area contributed by atoms with Crippen LogP contribution in [0.25, 0.3) is 0 Å². The molecule has 0 heterocycles. The van der Waals surface area contributed by atoms with Crippen molar-refractivity contribution in [2.75, 3.05) is 12.4 Å². The SMILES string of the molecule is COc1ccc(Br)cc1C(C)CCBr. The lowest BCUT2D eigenvalue weighted by molar-refractivity contribution is 0.406. The fourth-order valence-corrected chi connectivity index (χ4v) is 2.48. The van der Waals surface area contributed by atoms with E-state index in [9.17, 15) is 0 Å². The molecule has 0 N–H and O–H groups in total. The van der Waals surface area contributed by atoms with E-state index in [2.05, 4.69) is 44.8 Å². The molecule has 1 nitrogen and oxygen atoms in total. The molecule has 3 heteroatoms. The third-order valence-electron chi connectivity index (χ3n) is 2.26. The third kappa shape index (κ3) is 2.99. The van der Waals surface area contributed by atoms with Crippen LogP contribution < -0.4 is 4.74 Å². The van der Waals surface area contributed by atoms with Gasteiger partial charge in [0.1, 0.15) is 5.75 Å². The van der Waals surface area contributed by atoms with Crippen molar-refractivity contribution in [3.63, 3.8) is 0 Å². The normalized spacial score (nSPS) is 12.6. The second-order valence-electron chi connectivity index (χ2n) is 3.26. The number of hydrogen-bond donors (Lipinski definition) is 0. The van der Waals surface area contributed by atoms with Gasteiger partial charge in [-0.15, -0.1) is 0 Å². The Morgan fingerprint density at radius 1 is 1.43 bits per heavy atom. The molecular formula is C11H14Br2O. The van der Waals surface area contributed by atoms with Gasteiger partial charge in [0, 0.05) is 9.80 Å². The lowest BCUT2D eigenvalue weighted by Gasteiger charge is -2.14. The van der Waals surface area contributed by atoms with E-state index in [1.54, 1.807) is 7.11 Å². The molecule has 0 aromatic heterocycles. The van der Waals surface area contributed by atoms with Gasteiger partial charge in [0.2, 0.25) is 0 Å². The van der Waals surface area contributed by atoms with Crippen LogP contribution in [0.3, 0.4) is 0 Å². The van der Waals surface area contributed by atoms with Crippen molar-refractivity contribution in [2.24, 2.45) is 0 Å². The Kier molecular flexibility index (Phi) is 4.96. The summed E-state index contributed by atoms with van der Waals surface area (Å²) in [6.45, 7) is 2.21. The van der Waals surface area contributed by atoms with E-state index >= 15 is 0 Å². The number of methoxy groups -OCH3 is 1. The van der Waals surface area contributed by atoms with Gasteiger partial charge < -0.3 is 4.74 Å². The quantitative estimate of drug-likeness (QED) is 0.749. The summed E-state index contributed by atoms with van der Waals surface area (Å²) in [5.41, 5.74) is 1.27. The molecule has 0 aliphatic heterocycles. The van der Waals surface area contributed by atoms with Crippen LogP contribution in [0.5, 0.6) is 5.75 Å². The molecule has 0 bridgehead atoms. The summed E-state index contributed by atoms with van der Waals surface area (Å²) in [5, 5.41) is 1.02. The van der Waals surface area contributed by atoms with E-state index in [0.717, 1.165) is 22.0 Å². The van der Waals surface area contributed by atoms with Crippen molar-refractivity contribution in [1.29, 1.82) is 0 Å². The molecular weight excluding hydrogens is 308 g/mol. The Morgan fingerprint density at radius 3 is 2.71 bits per heavy atom. The molecule has 0 radical (unpaired) electrons. The number of hydrogen-bond acceptors (Lipinski definition) is 1. The van der Waals surface area contributed by atoms with Gasteiger partial charge in [-0.3, -0.25) is 0 Å². The second kappa shape index (κ2) is 5.76. The fourth-order valence-electron chi connectivity index (χ4n) is 1.41. The van der Waals surface area contributed by atoms with Crippen LogP contribution in [0.15, 0.2) is 22.7 Å². The first-order valence-corrected chi connectivity index (χ1v) is 6.50. The molecule has 0 amide bonds. The van der Waals surface area contributed by atoms with Gasteiger partial charge >= 0.3 is 0 Å². The molecule has 0 saturated carbocycles. The first kappa shape index (κ1) is 12.1. The van der Waals surface area contributed by atoms with Crippen molar-refractivity contribution in [2.45, 2.75) is 19.3 Å². The standard InChI is InChI=1S/C11H14Br2O/c1-8(5-6-12)10-7-9(13)3-4-11(10)14-2/h3-4,7-8H,5-6H2,1-2H3. The summed E-state index contributed by atoms with van der Waals surface area (Å²) in [6.07, 6.45) is 1.12. The van der Waals surface area contributed by atoms with Gasteiger partial charge in [0.25, 0.3) is 0 Å². The largest absolute Gasteiger partial charge is 0.496 e. The van der Waals surface area contributed by atoms with Crippen LogP contribution in [0.2, 0.25) is 0 Å². The Bertz CT molecular complexity index is 299. The topological polar surface area (TPSA) is 9.23 Å². The summed E-state index contributed by atoms with van der Waals surface area (Å²) >= 11 is 6.94. The zero-order valence-corrected chi connectivity index (χ0v) is 11.6. The smallest absolute Gasteiger partial charge is 0.122 e. The van der Waals surface area contributed by atoms with Crippen LogP contribution in [-0.2, 0) is 0 Å². The summed E-state index contributed by atoms with van der Waals surface area (Å²) in [5.74, 6) is 1.49. The molecule has 0 fully saturated rings. The van der Waals surface area contributed by atoms with Crippen molar-refractivity contribution >= 4 is 31.9 Å². The van der Waals surface area contributed by atoms with Crippen LogP contribution in [0.4, 0.5) is 0 Å². The minimum atomic E-state index is 0.516. The van der Waals surface area contributed by atoms with Gasteiger partial charge in [0.05, 0.1) is 7.11 Å². The molecule has 0 saturated heterocycles. The van der Waals surface area contributed by atoms with Crippen LogP contribution >= 0.6 is 31.9 Å². The molecule has 1 atom stereocenters. The van der Waals surface area contributed by atoms with Gasteiger partial charge in [-0.05, 0) is 36.1 Å². The molecule has 0 aliphatic carbocycles. The average molecular weight is 322 g/mol. The number of benzene rings is 1. The van der Waals surface area contributed by atoms with Crippen LogP contribution in [0, 0.1) is 0 Å². The zero-order valence-electron chi connectivity index (χ0n) is 8.39. The predicted molar refractivity (Wildman–Crippen MR) is 67.5 cm³/mol. The van der Waals surface area contributed by atoms with Gasteiger partial charge in [-0.2, -0.15) is 0 Å². The Balaban J connectivity index is 2.97. The Hall–Kier alpha value is -0.0200. The highest BCUT2D eigenvalue weighted by Crippen LogP contribution is 2.31. The molecule has 14 heavy (non-hydrogen) atoms. The molecule has 1 aromatic rings. The highest BCUT2D eigenvalue weighted by molar-refractivity contribution is 9.10. The number of alkyl halides is 1. The highest BCUT2D eigenvalue weighted by Gasteiger charge is 2.10. The van der Waals surface area contributed by atoms with E-state index in [1.807, 2.05) is 12.1 Å². The summed E-state index contributed by atoms with van der Waals surface area (Å²) < 4.78 is 6.44. The minimum absolute atomic E-state index is 0.516. The van der Waals surface area contributed by atoms with Crippen molar-refractivity contribution in [3.05, 3.63) is 28.2 Å². The van der Waals surface area contributed by atoms with Gasteiger partial charge in [-0.25, -0.2) is 0 Å². The van der Waals surface area contributed by atoms with E-state index < -0.39 is 0 Å². The molecule has 78 valence electrons. The maximum absolute atomic E-state index is 5.33. The average Bonchev–Trinajstić information content (AvgIpc) is 2.18. The summed E-state index contributed by atoms with van der Waals surface area (Å²) in [7, 11) is 1.72. The number of rotatable bonds is 4. The predicted octanol–water partition coefficient (Wildman–Crippen LogP) is 4.35. The maximum Gasteiger partial charge on any atom is 0.122 e. The van der Waals surface area contributed by atoms with Crippen molar-refractivity contribution in [3.8, 4) is 5.75 Å². The molecule has 1 rings (SSSR count). The van der Waals surface area contributed by atoms with Gasteiger partial charge in [-0.1, -0.05) is 38.8 Å². The van der Waals surface area contributed by atoms with E-state index in [-0.39, 0.29) is 0 Å². The lowest BCUT2D eigenvalue weighted by atomic mass is 9.98. The molecule has 0 spiro atoms. The monoisotopic (exact) mass is 320 g/mol. The second-order valence-corrected chi connectivity index (χ2v) is 4.97. The van der Waals surface area contributed by atoms with Crippen molar-refractivity contribution in [1.82, 2.24) is 0 Å². The maximum atomic E-state index is 5.33. The van der Waals surface area contributed by atoms with Gasteiger partial charge in [0.15, 0.2) is 0 Å². The first-order valence-electron chi connectivity index (χ1n) is 4.58. The lowest BCUT2D eigenvalue weighted by Crippen LogP contribution is -1.98. The van der Waals surface area contributed by atoms with E-state index in [1.165, 1.54) is 5.56 Å². The number of ether oxygens (including phenoxy) is 1. The van der Waals surface area contributed by atoms with Crippen LogP contribution in [-0.4, -0.2) is 12.4 Å². The zero-order chi connectivity index (χ0) is 10.6. The highest BCUT2D eigenvalue weighted by atomic mass is 79.9. The summed E-state index contributed by atoms with van der Waals surface area (Å²) in [6, 6.07) is 6.14. The Morgan fingerprint density at radius 2 is 2.14 bits per heavy atom. The first-order chi connectivity index (χ1) is 6.69. The van der Waals surface area contributed by atoms with Crippen LogP contribution in [0.1, 0.15) is 24.8 Å². The number of halogens is 2. The van der Waals surface area contributed by atoms with Crippen molar-refractivity contribution < 1.29 is 4.74 Å². The van der Waals surface area contributed by atoms with E-state index in [0.29, 0.717) is 5.92 Å². The molecule has 1 aromatic carbocycles. The minimum Gasteiger partial charge on any atom is -0.496 e. The molecule has 0 aliphatic rings. The third-order valence-corrected chi connectivity index (χ3v) is 3.22. The molecule has 1 unspecified atom stereocenters. The Labute approximate surface area is 102 Å². The summed E-state index contributed by atoms with van der Waals surface area (Å²) in [4.78, 5) is 0. The van der Waals surface area contributed by atoms with E-state index in [4.69, 9.17) is 4.74 Å².